The van der Waals surface area contributed by atoms with Crippen LogP contribution in [0, 0.1) is 0 Å². The molecule has 0 amide bonds. The Morgan fingerprint density at radius 2 is 1.79 bits per heavy atom. The van der Waals surface area contributed by atoms with Crippen molar-refractivity contribution in [3.8, 4) is 16.4 Å². The summed E-state index contributed by atoms with van der Waals surface area (Å²) in [5.41, 5.74) is 2.50. The first-order chi connectivity index (χ1) is 14.2. The van der Waals surface area contributed by atoms with Gasteiger partial charge in [0.25, 0.3) is 0 Å². The average Bonchev–Trinajstić information content (AvgIpc) is 3.40. The molecule has 3 aromatic heterocycles. The normalized spacial score (nSPS) is 14.4. The molecule has 1 N–H and O–H groups in total. The average molecular weight is 405 g/mol. The lowest BCUT2D eigenvalue weighted by molar-refractivity contribution is 0.0691. The van der Waals surface area contributed by atoms with E-state index in [1.165, 1.54) is 36.0 Å². The molecule has 7 nitrogen and oxygen atoms in total. The number of rotatable bonds is 4. The van der Waals surface area contributed by atoms with Crippen molar-refractivity contribution in [2.24, 2.45) is 0 Å². The van der Waals surface area contributed by atoms with Gasteiger partial charge in [-0.2, -0.15) is 9.78 Å². The maximum absolute atomic E-state index is 11.3. The van der Waals surface area contributed by atoms with Gasteiger partial charge in [-0.3, -0.25) is 0 Å². The van der Waals surface area contributed by atoms with E-state index in [1.54, 1.807) is 4.68 Å². The molecule has 4 heterocycles. The van der Waals surface area contributed by atoms with Gasteiger partial charge in [0, 0.05) is 29.4 Å². The predicted octanol–water partition coefficient (Wildman–Crippen LogP) is 4.23. The van der Waals surface area contributed by atoms with Gasteiger partial charge in [-0.05, 0) is 31.4 Å². The minimum Gasteiger partial charge on any atom is -0.476 e. The monoisotopic (exact) mass is 405 g/mol. The van der Waals surface area contributed by atoms with Gasteiger partial charge in [0.05, 0.1) is 0 Å². The zero-order chi connectivity index (χ0) is 19.8. The minimum absolute atomic E-state index is 0.0158. The quantitative estimate of drug-likeness (QED) is 0.547. The number of anilines is 1. The first-order valence-corrected chi connectivity index (χ1v) is 10.5. The molecule has 0 unspecified atom stereocenters. The van der Waals surface area contributed by atoms with Crippen LogP contribution >= 0.6 is 11.3 Å². The highest BCUT2D eigenvalue weighted by Gasteiger charge is 2.20. The van der Waals surface area contributed by atoms with E-state index in [9.17, 15) is 9.90 Å². The summed E-state index contributed by atoms with van der Waals surface area (Å²) in [5, 5.41) is 17.0. The lowest BCUT2D eigenvalue weighted by Gasteiger charge is -2.27. The van der Waals surface area contributed by atoms with Gasteiger partial charge >= 0.3 is 5.97 Å². The number of nitrogens with zero attached hydrogens (tertiary/aromatic N) is 5. The second kappa shape index (κ2) is 7.29. The Morgan fingerprint density at radius 3 is 2.52 bits per heavy atom. The highest BCUT2D eigenvalue weighted by Crippen LogP contribution is 2.31. The van der Waals surface area contributed by atoms with Gasteiger partial charge in [0.1, 0.15) is 11.5 Å². The van der Waals surface area contributed by atoms with Gasteiger partial charge in [0.2, 0.25) is 5.13 Å². The van der Waals surface area contributed by atoms with Crippen LogP contribution in [0.2, 0.25) is 0 Å². The Kier molecular flexibility index (Phi) is 4.48. The minimum atomic E-state index is -1.05. The van der Waals surface area contributed by atoms with Crippen LogP contribution in [0.3, 0.4) is 0 Å². The summed E-state index contributed by atoms with van der Waals surface area (Å²) < 4.78 is 1.67. The van der Waals surface area contributed by atoms with Crippen LogP contribution in [-0.2, 0) is 0 Å². The van der Waals surface area contributed by atoms with Crippen molar-refractivity contribution in [3.05, 3.63) is 53.5 Å². The molecule has 0 saturated carbocycles. The summed E-state index contributed by atoms with van der Waals surface area (Å²) >= 11 is 1.25. The number of carboxylic acids is 1. The number of piperidine rings is 1. The molecule has 1 fully saturated rings. The van der Waals surface area contributed by atoms with Crippen LogP contribution in [0.25, 0.3) is 27.4 Å². The van der Waals surface area contributed by atoms with Crippen molar-refractivity contribution in [2.45, 2.75) is 19.3 Å². The fraction of sp³-hybridized carbons (Fsp3) is 0.238. The highest BCUT2D eigenvalue weighted by molar-refractivity contribution is 7.12. The van der Waals surface area contributed by atoms with Crippen molar-refractivity contribution in [1.82, 2.24) is 19.7 Å². The van der Waals surface area contributed by atoms with E-state index in [1.807, 2.05) is 30.3 Å². The third kappa shape index (κ3) is 3.25. The molecular formula is C21H19N5O2S. The Hall–Kier alpha value is -3.26. The Balaban J connectivity index is 1.69. The number of aromatic carboxylic acids is 1. The van der Waals surface area contributed by atoms with Crippen molar-refractivity contribution >= 4 is 34.2 Å². The molecule has 8 heteroatoms. The van der Waals surface area contributed by atoms with Crippen molar-refractivity contribution in [1.29, 1.82) is 0 Å². The first kappa shape index (κ1) is 17.8. The van der Waals surface area contributed by atoms with E-state index in [-0.39, 0.29) is 5.69 Å². The Bertz CT molecular complexity index is 1180. The number of aromatic nitrogens is 4. The summed E-state index contributed by atoms with van der Waals surface area (Å²) in [6, 6.07) is 14.0. The second-order valence-corrected chi connectivity index (χ2v) is 7.87. The molecule has 0 aliphatic carbocycles. The summed E-state index contributed by atoms with van der Waals surface area (Å²) in [6.07, 6.45) is 3.59. The van der Waals surface area contributed by atoms with Gasteiger partial charge in [-0.15, -0.1) is 11.3 Å². The molecular weight excluding hydrogens is 386 g/mol. The SMILES string of the molecule is O=C(O)c1csc(-n2nc(-c3ccccc3)c3ccc(N4CCCCC4)nc32)n1. The number of pyridine rings is 1. The Labute approximate surface area is 171 Å². The number of hydrogen-bond donors (Lipinski definition) is 1. The van der Waals surface area contributed by atoms with Crippen LogP contribution < -0.4 is 4.90 Å². The lowest BCUT2D eigenvalue weighted by Crippen LogP contribution is -2.30. The molecule has 0 spiro atoms. The number of thiazole rings is 1. The largest absolute Gasteiger partial charge is 0.476 e. The molecule has 5 rings (SSSR count). The maximum Gasteiger partial charge on any atom is 0.355 e. The summed E-state index contributed by atoms with van der Waals surface area (Å²) in [7, 11) is 0. The highest BCUT2D eigenvalue weighted by atomic mass is 32.1. The molecule has 0 bridgehead atoms. The molecule has 146 valence electrons. The fourth-order valence-corrected chi connectivity index (χ4v) is 4.44. The van der Waals surface area contributed by atoms with Crippen molar-refractivity contribution < 1.29 is 9.90 Å². The molecule has 1 saturated heterocycles. The van der Waals surface area contributed by atoms with E-state index in [0.29, 0.717) is 10.8 Å². The van der Waals surface area contributed by atoms with E-state index in [4.69, 9.17) is 10.1 Å². The van der Waals surface area contributed by atoms with Crippen LogP contribution in [0.5, 0.6) is 0 Å². The molecule has 0 radical (unpaired) electrons. The number of carbonyl (C=O) groups is 1. The number of benzene rings is 1. The van der Waals surface area contributed by atoms with Crippen LogP contribution in [0.15, 0.2) is 47.8 Å². The van der Waals surface area contributed by atoms with Crippen LogP contribution in [-0.4, -0.2) is 43.9 Å². The zero-order valence-electron chi connectivity index (χ0n) is 15.7. The van der Waals surface area contributed by atoms with Gasteiger partial charge in [-0.1, -0.05) is 30.3 Å². The van der Waals surface area contributed by atoms with E-state index >= 15 is 0 Å². The third-order valence-electron chi connectivity index (χ3n) is 5.14. The molecule has 29 heavy (non-hydrogen) atoms. The van der Waals surface area contributed by atoms with Gasteiger partial charge < -0.3 is 10.0 Å². The molecule has 1 aliphatic rings. The summed E-state index contributed by atoms with van der Waals surface area (Å²) in [5.74, 6) is -0.123. The first-order valence-electron chi connectivity index (χ1n) is 9.60. The van der Waals surface area contributed by atoms with Gasteiger partial charge in [0.15, 0.2) is 11.3 Å². The lowest BCUT2D eigenvalue weighted by atomic mass is 10.1. The van der Waals surface area contributed by atoms with E-state index in [2.05, 4.69) is 22.0 Å². The summed E-state index contributed by atoms with van der Waals surface area (Å²) in [4.78, 5) is 22.8. The summed E-state index contributed by atoms with van der Waals surface area (Å²) in [6.45, 7) is 2.00. The standard InChI is InChI=1S/C21H19N5O2S/c27-20(28)16-13-29-21(22-16)26-19-15(18(24-26)14-7-3-1-4-8-14)9-10-17(23-19)25-11-5-2-6-12-25/h1,3-4,7-10,13H,2,5-6,11-12H2,(H,27,28). The number of hydrogen-bond acceptors (Lipinski definition) is 6. The maximum atomic E-state index is 11.3. The van der Waals surface area contributed by atoms with Crippen molar-refractivity contribution in [3.63, 3.8) is 0 Å². The number of carboxylic acid groups (broad SMARTS) is 1. The molecule has 4 aromatic rings. The molecule has 0 atom stereocenters. The Morgan fingerprint density at radius 1 is 1.00 bits per heavy atom. The van der Waals surface area contributed by atoms with Gasteiger partial charge in [-0.25, -0.2) is 14.8 Å². The molecule has 1 aromatic carbocycles. The van der Waals surface area contributed by atoms with E-state index < -0.39 is 5.97 Å². The van der Waals surface area contributed by atoms with Crippen LogP contribution in [0.4, 0.5) is 5.82 Å². The smallest absolute Gasteiger partial charge is 0.355 e. The number of fused-ring (bicyclic) bond motifs is 1. The van der Waals surface area contributed by atoms with Crippen molar-refractivity contribution in [2.75, 3.05) is 18.0 Å². The molecule has 1 aliphatic heterocycles. The topological polar surface area (TPSA) is 84.1 Å². The fourth-order valence-electron chi connectivity index (χ4n) is 3.69. The third-order valence-corrected chi connectivity index (χ3v) is 5.95. The predicted molar refractivity (Wildman–Crippen MR) is 113 cm³/mol. The second-order valence-electron chi connectivity index (χ2n) is 7.04. The van der Waals surface area contributed by atoms with E-state index in [0.717, 1.165) is 35.6 Å². The van der Waals surface area contributed by atoms with Crippen LogP contribution in [0.1, 0.15) is 29.8 Å². The zero-order valence-corrected chi connectivity index (χ0v) is 16.5.